The van der Waals surface area contributed by atoms with Crippen LogP contribution in [-0.2, 0) is 11.3 Å². The maximum absolute atomic E-state index is 5.45. The SMILES string of the molecule is CC1(Cn2c(C3CC3)n[nH]c2=S)CCOCC1. The zero-order chi connectivity index (χ0) is 11.9. The molecule has 1 aromatic heterocycles. The number of aromatic amines is 1. The average molecular weight is 253 g/mol. The molecule has 0 spiro atoms. The van der Waals surface area contributed by atoms with Gasteiger partial charge < -0.3 is 9.30 Å². The summed E-state index contributed by atoms with van der Waals surface area (Å²) in [5.41, 5.74) is 0.310. The number of hydrogen-bond acceptors (Lipinski definition) is 3. The van der Waals surface area contributed by atoms with E-state index in [4.69, 9.17) is 17.0 Å². The minimum atomic E-state index is 0.310. The van der Waals surface area contributed by atoms with Crippen LogP contribution in [0.15, 0.2) is 0 Å². The Balaban J connectivity index is 1.83. The van der Waals surface area contributed by atoms with Gasteiger partial charge in [0.2, 0.25) is 0 Å². The van der Waals surface area contributed by atoms with E-state index < -0.39 is 0 Å². The smallest absolute Gasteiger partial charge is 0.195 e. The minimum Gasteiger partial charge on any atom is -0.381 e. The molecule has 1 saturated carbocycles. The van der Waals surface area contributed by atoms with Crippen LogP contribution in [0, 0.1) is 10.2 Å². The van der Waals surface area contributed by atoms with E-state index in [-0.39, 0.29) is 0 Å². The van der Waals surface area contributed by atoms with Gasteiger partial charge in [-0.3, -0.25) is 5.10 Å². The molecule has 0 bridgehead atoms. The highest BCUT2D eigenvalue weighted by Crippen LogP contribution is 2.40. The Morgan fingerprint density at radius 1 is 1.47 bits per heavy atom. The van der Waals surface area contributed by atoms with Gasteiger partial charge in [0, 0.05) is 25.7 Å². The Morgan fingerprint density at radius 2 is 2.18 bits per heavy atom. The third kappa shape index (κ3) is 2.31. The molecule has 0 unspecified atom stereocenters. The molecular formula is C12H19N3OS. The van der Waals surface area contributed by atoms with Crippen molar-refractivity contribution in [3.05, 3.63) is 10.6 Å². The number of H-pyrrole nitrogens is 1. The lowest BCUT2D eigenvalue weighted by Crippen LogP contribution is -2.31. The third-order valence-electron chi connectivity index (χ3n) is 3.97. The van der Waals surface area contributed by atoms with Crippen LogP contribution in [0.2, 0.25) is 0 Å². The second kappa shape index (κ2) is 4.21. The molecular weight excluding hydrogens is 234 g/mol. The zero-order valence-corrected chi connectivity index (χ0v) is 11.1. The Bertz CT molecular complexity index is 455. The molecule has 1 aliphatic heterocycles. The molecule has 94 valence electrons. The molecule has 0 atom stereocenters. The summed E-state index contributed by atoms with van der Waals surface area (Å²) in [6.45, 7) is 5.07. The summed E-state index contributed by atoms with van der Waals surface area (Å²) in [5.74, 6) is 1.81. The summed E-state index contributed by atoms with van der Waals surface area (Å²) in [6, 6.07) is 0. The number of hydrogen-bond donors (Lipinski definition) is 1. The Hall–Kier alpha value is -0.680. The third-order valence-corrected chi connectivity index (χ3v) is 4.28. The van der Waals surface area contributed by atoms with Crippen molar-refractivity contribution >= 4 is 12.2 Å². The highest BCUT2D eigenvalue weighted by Gasteiger charge is 2.33. The van der Waals surface area contributed by atoms with Gasteiger partial charge in [-0.1, -0.05) is 6.92 Å². The first-order chi connectivity index (χ1) is 8.18. The van der Waals surface area contributed by atoms with E-state index in [2.05, 4.69) is 21.7 Å². The van der Waals surface area contributed by atoms with Crippen molar-refractivity contribution in [3.8, 4) is 0 Å². The second-order valence-electron chi connectivity index (χ2n) is 5.67. The van der Waals surface area contributed by atoms with Crippen LogP contribution in [-0.4, -0.2) is 28.0 Å². The fraction of sp³-hybridized carbons (Fsp3) is 0.833. The standard InChI is InChI=1S/C12H19N3OS/c1-12(4-6-16-7-5-12)8-15-10(9-2-3-9)13-14-11(15)17/h9H,2-8H2,1H3,(H,14,17). The average Bonchev–Trinajstić information content (AvgIpc) is 3.08. The molecule has 17 heavy (non-hydrogen) atoms. The minimum absolute atomic E-state index is 0.310. The van der Waals surface area contributed by atoms with E-state index in [0.717, 1.165) is 37.4 Å². The summed E-state index contributed by atoms with van der Waals surface area (Å²) in [5, 5.41) is 7.34. The van der Waals surface area contributed by atoms with Gasteiger partial charge in [0.05, 0.1) is 0 Å². The lowest BCUT2D eigenvalue weighted by molar-refractivity contribution is 0.0149. The van der Waals surface area contributed by atoms with Crippen molar-refractivity contribution in [1.82, 2.24) is 14.8 Å². The predicted octanol–water partition coefficient (Wildman–Crippen LogP) is 2.63. The molecule has 1 aliphatic carbocycles. The normalized spacial score (nSPS) is 23.8. The largest absolute Gasteiger partial charge is 0.381 e. The number of nitrogens with zero attached hydrogens (tertiary/aromatic N) is 2. The summed E-state index contributed by atoms with van der Waals surface area (Å²) >= 11 is 5.35. The summed E-state index contributed by atoms with van der Waals surface area (Å²) < 4.78 is 8.44. The van der Waals surface area contributed by atoms with Crippen molar-refractivity contribution in [1.29, 1.82) is 0 Å². The Kier molecular flexibility index (Phi) is 2.83. The van der Waals surface area contributed by atoms with Crippen LogP contribution in [0.1, 0.15) is 44.3 Å². The van der Waals surface area contributed by atoms with Gasteiger partial charge in [0.15, 0.2) is 4.77 Å². The van der Waals surface area contributed by atoms with Crippen LogP contribution >= 0.6 is 12.2 Å². The summed E-state index contributed by atoms with van der Waals surface area (Å²) in [7, 11) is 0. The van der Waals surface area contributed by atoms with E-state index in [1.165, 1.54) is 18.7 Å². The first-order valence-corrected chi connectivity index (χ1v) is 6.82. The van der Waals surface area contributed by atoms with Gasteiger partial charge in [-0.25, -0.2) is 0 Å². The van der Waals surface area contributed by atoms with Crippen LogP contribution in [0.25, 0.3) is 0 Å². The lowest BCUT2D eigenvalue weighted by atomic mass is 9.82. The molecule has 1 N–H and O–H groups in total. The quantitative estimate of drug-likeness (QED) is 0.842. The van der Waals surface area contributed by atoms with Gasteiger partial charge >= 0.3 is 0 Å². The van der Waals surface area contributed by atoms with Crippen molar-refractivity contribution < 1.29 is 4.74 Å². The lowest BCUT2D eigenvalue weighted by Gasteiger charge is -2.34. The Morgan fingerprint density at radius 3 is 2.82 bits per heavy atom. The van der Waals surface area contributed by atoms with Gasteiger partial charge in [-0.2, -0.15) is 5.10 Å². The monoisotopic (exact) mass is 253 g/mol. The van der Waals surface area contributed by atoms with Crippen molar-refractivity contribution in [2.45, 2.75) is 45.1 Å². The second-order valence-corrected chi connectivity index (χ2v) is 6.06. The van der Waals surface area contributed by atoms with Crippen LogP contribution < -0.4 is 0 Å². The van der Waals surface area contributed by atoms with Gasteiger partial charge in [-0.05, 0) is 43.3 Å². The zero-order valence-electron chi connectivity index (χ0n) is 10.2. The van der Waals surface area contributed by atoms with E-state index in [1.807, 2.05) is 0 Å². The number of aromatic nitrogens is 3. The maximum atomic E-state index is 5.45. The molecule has 0 aromatic carbocycles. The van der Waals surface area contributed by atoms with Crippen LogP contribution in [0.5, 0.6) is 0 Å². The molecule has 1 aromatic rings. The van der Waals surface area contributed by atoms with Crippen LogP contribution in [0.3, 0.4) is 0 Å². The molecule has 0 radical (unpaired) electrons. The van der Waals surface area contributed by atoms with Gasteiger partial charge in [0.1, 0.15) is 5.82 Å². The van der Waals surface area contributed by atoms with E-state index >= 15 is 0 Å². The van der Waals surface area contributed by atoms with E-state index in [9.17, 15) is 0 Å². The molecule has 5 heteroatoms. The van der Waals surface area contributed by atoms with Crippen LogP contribution in [0.4, 0.5) is 0 Å². The van der Waals surface area contributed by atoms with Gasteiger partial charge in [-0.15, -0.1) is 0 Å². The highest BCUT2D eigenvalue weighted by molar-refractivity contribution is 7.71. The summed E-state index contributed by atoms with van der Waals surface area (Å²) in [6.07, 6.45) is 4.76. The molecule has 2 heterocycles. The van der Waals surface area contributed by atoms with Crippen molar-refractivity contribution in [2.75, 3.05) is 13.2 Å². The molecule has 2 aliphatic rings. The molecule has 4 nitrogen and oxygen atoms in total. The summed E-state index contributed by atoms with van der Waals surface area (Å²) in [4.78, 5) is 0. The van der Waals surface area contributed by atoms with Gasteiger partial charge in [0.25, 0.3) is 0 Å². The number of rotatable bonds is 3. The molecule has 3 rings (SSSR count). The van der Waals surface area contributed by atoms with E-state index in [1.54, 1.807) is 0 Å². The number of ether oxygens (including phenoxy) is 1. The van der Waals surface area contributed by atoms with Crippen molar-refractivity contribution in [3.63, 3.8) is 0 Å². The fourth-order valence-corrected chi connectivity index (χ4v) is 2.74. The molecule has 1 saturated heterocycles. The first-order valence-electron chi connectivity index (χ1n) is 6.41. The molecule has 2 fully saturated rings. The van der Waals surface area contributed by atoms with Crippen molar-refractivity contribution in [2.24, 2.45) is 5.41 Å². The molecule has 0 amide bonds. The first kappa shape index (κ1) is 11.4. The predicted molar refractivity (Wildman–Crippen MR) is 67.5 cm³/mol. The Labute approximate surface area is 106 Å². The fourth-order valence-electron chi connectivity index (χ4n) is 2.54. The highest BCUT2D eigenvalue weighted by atomic mass is 32.1. The maximum Gasteiger partial charge on any atom is 0.195 e. The topological polar surface area (TPSA) is 42.8 Å². The van der Waals surface area contributed by atoms with E-state index in [0.29, 0.717) is 11.3 Å². The number of nitrogens with one attached hydrogen (secondary N) is 1.